The van der Waals surface area contributed by atoms with Crippen molar-refractivity contribution in [2.45, 2.75) is 57.5 Å². The van der Waals surface area contributed by atoms with Crippen molar-refractivity contribution in [2.24, 2.45) is 11.7 Å². The molecule has 28 heavy (non-hydrogen) atoms. The number of hydrogen-bond donors (Lipinski definition) is 8. The third kappa shape index (κ3) is 8.25. The lowest BCUT2D eigenvalue weighted by molar-refractivity contribution is -0.143. The molecule has 0 aliphatic rings. The number of nitrogens with one attached hydrogen (secondary N) is 3. The fourth-order valence-electron chi connectivity index (χ4n) is 2.08. The number of amides is 3. The average Bonchev–Trinajstić information content (AvgIpc) is 2.65. The number of aliphatic carboxylic acids is 1. The van der Waals surface area contributed by atoms with E-state index in [0.29, 0.717) is 6.42 Å². The number of nitrogens with two attached hydrogens (primary N) is 1. The number of carboxylic acid groups (broad SMARTS) is 1. The van der Waals surface area contributed by atoms with Gasteiger partial charge in [0.05, 0.1) is 6.10 Å². The van der Waals surface area contributed by atoms with E-state index in [9.17, 15) is 29.4 Å². The zero-order valence-electron chi connectivity index (χ0n) is 16.1. The van der Waals surface area contributed by atoms with Gasteiger partial charge in [0.15, 0.2) is 0 Å². The second-order valence-corrected chi connectivity index (χ2v) is 7.19. The molecule has 6 unspecified atom stereocenters. The Morgan fingerprint density at radius 1 is 0.929 bits per heavy atom. The van der Waals surface area contributed by atoms with Crippen molar-refractivity contribution in [1.82, 2.24) is 16.0 Å². The zero-order chi connectivity index (χ0) is 22.0. The minimum absolute atomic E-state index is 0.0877. The zero-order valence-corrected chi connectivity index (χ0v) is 17.9. The van der Waals surface area contributed by atoms with Gasteiger partial charge in [-0.05, 0) is 12.8 Å². The molecular formula is C16H30N4O6S2. The fraction of sp³-hybridized carbons (Fsp3) is 0.750. The van der Waals surface area contributed by atoms with E-state index in [1.807, 2.05) is 0 Å². The summed E-state index contributed by atoms with van der Waals surface area (Å²) in [6.07, 6.45) is -0.583. The lowest BCUT2D eigenvalue weighted by Gasteiger charge is -2.25. The summed E-state index contributed by atoms with van der Waals surface area (Å²) in [5.41, 5.74) is 5.51. The van der Waals surface area contributed by atoms with Crippen LogP contribution in [0.25, 0.3) is 0 Å². The Kier molecular flexibility index (Phi) is 12.2. The number of thiol groups is 2. The molecule has 0 aromatic rings. The van der Waals surface area contributed by atoms with Crippen molar-refractivity contribution in [2.75, 3.05) is 11.5 Å². The summed E-state index contributed by atoms with van der Waals surface area (Å²) in [7, 11) is 0. The lowest BCUT2D eigenvalue weighted by atomic mass is 9.99. The topological polar surface area (TPSA) is 171 Å². The van der Waals surface area contributed by atoms with Gasteiger partial charge in [0.2, 0.25) is 17.7 Å². The highest BCUT2D eigenvalue weighted by molar-refractivity contribution is 7.80. The number of rotatable bonds is 12. The smallest absolute Gasteiger partial charge is 0.326 e. The molecule has 162 valence electrons. The Labute approximate surface area is 175 Å². The SMILES string of the molecule is CCC(C)C(NC(=O)C(CS)NC(=O)C(CS)NC(=O)C(N)C(C)O)C(=O)O. The standard InChI is InChI=1S/C16H30N4O6S2/c1-4-7(2)12(16(25)26)20-14(23)10(6-28)18-13(22)9(5-27)19-15(24)11(17)8(3)21/h7-12,21,27-28H,4-6,17H2,1-3H3,(H,18,22)(H,19,24)(H,20,23)(H,25,26). The number of hydrogen-bond acceptors (Lipinski definition) is 8. The van der Waals surface area contributed by atoms with Crippen molar-refractivity contribution in [3.8, 4) is 0 Å². The van der Waals surface area contributed by atoms with Crippen LogP contribution in [0.15, 0.2) is 0 Å². The highest BCUT2D eigenvalue weighted by Crippen LogP contribution is 2.08. The molecule has 0 aromatic heterocycles. The van der Waals surface area contributed by atoms with Crippen LogP contribution in [-0.2, 0) is 19.2 Å². The van der Waals surface area contributed by atoms with Crippen molar-refractivity contribution < 1.29 is 29.4 Å². The molecule has 6 atom stereocenters. The molecule has 0 heterocycles. The predicted molar refractivity (Wildman–Crippen MR) is 110 cm³/mol. The quantitative estimate of drug-likeness (QED) is 0.165. The van der Waals surface area contributed by atoms with Gasteiger partial charge in [-0.1, -0.05) is 20.3 Å². The van der Waals surface area contributed by atoms with Crippen molar-refractivity contribution in [1.29, 1.82) is 0 Å². The first kappa shape index (κ1) is 26.5. The maximum atomic E-state index is 12.4. The van der Waals surface area contributed by atoms with Gasteiger partial charge in [-0.3, -0.25) is 14.4 Å². The summed E-state index contributed by atoms with van der Waals surface area (Å²) in [5, 5.41) is 25.8. The molecule has 0 rings (SSSR count). The Morgan fingerprint density at radius 3 is 1.71 bits per heavy atom. The molecule has 12 heteroatoms. The van der Waals surface area contributed by atoms with Crippen LogP contribution >= 0.6 is 25.3 Å². The normalized spacial score (nSPS) is 17.4. The molecule has 0 aliphatic carbocycles. The molecule has 0 radical (unpaired) electrons. The molecule has 0 aliphatic heterocycles. The third-order valence-corrected chi connectivity index (χ3v) is 4.96. The van der Waals surface area contributed by atoms with Crippen LogP contribution in [0.2, 0.25) is 0 Å². The van der Waals surface area contributed by atoms with Crippen LogP contribution in [0.5, 0.6) is 0 Å². The summed E-state index contributed by atoms with van der Waals surface area (Å²) in [5.74, 6) is -3.85. The van der Waals surface area contributed by atoms with E-state index in [1.165, 1.54) is 6.92 Å². The van der Waals surface area contributed by atoms with E-state index in [0.717, 1.165) is 0 Å². The first-order valence-corrected chi connectivity index (χ1v) is 10.1. The highest BCUT2D eigenvalue weighted by atomic mass is 32.1. The summed E-state index contributed by atoms with van der Waals surface area (Å²) >= 11 is 8.02. The molecular weight excluding hydrogens is 408 g/mol. The predicted octanol–water partition coefficient (Wildman–Crippen LogP) is -1.86. The van der Waals surface area contributed by atoms with E-state index < -0.39 is 54.0 Å². The Bertz CT molecular complexity index is 563. The fourth-order valence-corrected chi connectivity index (χ4v) is 2.60. The van der Waals surface area contributed by atoms with Gasteiger partial charge in [-0.15, -0.1) is 0 Å². The second-order valence-electron chi connectivity index (χ2n) is 6.46. The lowest BCUT2D eigenvalue weighted by Crippen LogP contribution is -2.59. The van der Waals surface area contributed by atoms with Crippen LogP contribution in [0.3, 0.4) is 0 Å². The molecule has 7 N–H and O–H groups in total. The number of carbonyl (C=O) groups is 4. The van der Waals surface area contributed by atoms with Crippen LogP contribution in [0, 0.1) is 5.92 Å². The van der Waals surface area contributed by atoms with Crippen LogP contribution < -0.4 is 21.7 Å². The molecule has 0 saturated carbocycles. The molecule has 0 aromatic carbocycles. The van der Waals surface area contributed by atoms with Crippen LogP contribution in [0.4, 0.5) is 0 Å². The molecule has 3 amide bonds. The van der Waals surface area contributed by atoms with E-state index in [-0.39, 0.29) is 17.4 Å². The monoisotopic (exact) mass is 438 g/mol. The van der Waals surface area contributed by atoms with Gasteiger partial charge in [-0.25, -0.2) is 4.79 Å². The second kappa shape index (κ2) is 12.9. The summed E-state index contributed by atoms with van der Waals surface area (Å²) < 4.78 is 0. The third-order valence-electron chi connectivity index (χ3n) is 4.23. The molecule has 0 saturated heterocycles. The van der Waals surface area contributed by atoms with Crippen molar-refractivity contribution in [3.63, 3.8) is 0 Å². The maximum absolute atomic E-state index is 12.4. The number of aliphatic hydroxyl groups excluding tert-OH is 1. The van der Waals surface area contributed by atoms with Crippen LogP contribution in [-0.4, -0.2) is 75.7 Å². The van der Waals surface area contributed by atoms with E-state index in [2.05, 4.69) is 41.2 Å². The van der Waals surface area contributed by atoms with E-state index >= 15 is 0 Å². The van der Waals surface area contributed by atoms with Gasteiger partial charge in [0.25, 0.3) is 0 Å². The minimum atomic E-state index is -1.23. The van der Waals surface area contributed by atoms with Crippen molar-refractivity contribution >= 4 is 48.9 Å². The van der Waals surface area contributed by atoms with Crippen LogP contribution in [0.1, 0.15) is 27.2 Å². The van der Waals surface area contributed by atoms with Gasteiger partial charge in [-0.2, -0.15) is 25.3 Å². The highest BCUT2D eigenvalue weighted by Gasteiger charge is 2.31. The van der Waals surface area contributed by atoms with E-state index in [4.69, 9.17) is 5.73 Å². The van der Waals surface area contributed by atoms with Gasteiger partial charge >= 0.3 is 5.97 Å². The molecule has 0 bridgehead atoms. The Morgan fingerprint density at radius 2 is 1.36 bits per heavy atom. The first-order valence-electron chi connectivity index (χ1n) is 8.79. The Hall–Kier alpha value is -1.50. The molecule has 0 fully saturated rings. The molecule has 0 spiro atoms. The number of aliphatic hydroxyl groups is 1. The molecule has 10 nitrogen and oxygen atoms in total. The minimum Gasteiger partial charge on any atom is -0.480 e. The van der Waals surface area contributed by atoms with E-state index in [1.54, 1.807) is 13.8 Å². The first-order chi connectivity index (χ1) is 13.0. The summed E-state index contributed by atoms with van der Waals surface area (Å²) in [6.45, 7) is 4.81. The van der Waals surface area contributed by atoms with Gasteiger partial charge < -0.3 is 31.9 Å². The van der Waals surface area contributed by atoms with Gasteiger partial charge in [0.1, 0.15) is 24.2 Å². The van der Waals surface area contributed by atoms with Gasteiger partial charge in [0, 0.05) is 11.5 Å². The summed E-state index contributed by atoms with van der Waals surface area (Å²) in [4.78, 5) is 48.0. The summed E-state index contributed by atoms with van der Waals surface area (Å²) in [6, 6.07) is -4.57. The van der Waals surface area contributed by atoms with Crippen molar-refractivity contribution in [3.05, 3.63) is 0 Å². The largest absolute Gasteiger partial charge is 0.480 e. The average molecular weight is 439 g/mol. The number of carbonyl (C=O) groups excluding carboxylic acids is 3. The Balaban J connectivity index is 5.05. The number of carboxylic acids is 1. The maximum Gasteiger partial charge on any atom is 0.326 e.